The van der Waals surface area contributed by atoms with Crippen LogP contribution in [0.1, 0.15) is 48.6 Å². The van der Waals surface area contributed by atoms with Gasteiger partial charge in [-0.15, -0.1) is 0 Å². The minimum Gasteiger partial charge on any atom is -0.497 e. The minimum absolute atomic E-state index is 0.0224. The molecule has 1 aliphatic rings. The highest BCUT2D eigenvalue weighted by molar-refractivity contribution is 5.72. The second-order valence-corrected chi connectivity index (χ2v) is 8.78. The lowest BCUT2D eigenvalue weighted by atomic mass is 9.77. The highest BCUT2D eigenvalue weighted by Gasteiger charge is 2.48. The van der Waals surface area contributed by atoms with E-state index in [0.717, 1.165) is 28.1 Å². The van der Waals surface area contributed by atoms with Gasteiger partial charge in [0, 0.05) is 25.1 Å². The molecule has 0 bridgehead atoms. The van der Waals surface area contributed by atoms with Crippen molar-refractivity contribution in [3.05, 3.63) is 95.6 Å². The molecule has 0 radical (unpaired) electrons. The lowest BCUT2D eigenvalue weighted by Gasteiger charge is -2.54. The summed E-state index contributed by atoms with van der Waals surface area (Å²) < 4.78 is 5.31. The van der Waals surface area contributed by atoms with Crippen LogP contribution in [0.25, 0.3) is 0 Å². The van der Waals surface area contributed by atoms with Crippen LogP contribution < -0.4 is 15.0 Å². The first-order chi connectivity index (χ1) is 16.5. The van der Waals surface area contributed by atoms with Crippen LogP contribution in [0.3, 0.4) is 0 Å². The number of nitrogens with zero attached hydrogens (tertiary/aromatic N) is 1. The number of amides is 1. The van der Waals surface area contributed by atoms with Crippen molar-refractivity contribution in [1.29, 1.82) is 0 Å². The number of anilines is 1. The topological polar surface area (TPSA) is 82.0 Å². The molecule has 6 nitrogen and oxygen atoms in total. The van der Waals surface area contributed by atoms with Crippen molar-refractivity contribution in [2.75, 3.05) is 12.0 Å². The highest BCUT2D eigenvalue weighted by atomic mass is 16.5. The molecule has 1 amide bonds. The number of nitrogens with one attached hydrogen (secondary N) is 1. The predicted octanol–water partition coefficient (Wildman–Crippen LogP) is 4.34. The lowest BCUT2D eigenvalue weighted by Crippen LogP contribution is -2.58. The molecule has 6 heteroatoms. The van der Waals surface area contributed by atoms with Crippen LogP contribution in [-0.4, -0.2) is 29.5 Å². The molecule has 178 valence electrons. The van der Waals surface area contributed by atoms with E-state index in [-0.39, 0.29) is 17.9 Å². The number of aliphatic hydroxyl groups is 2. The van der Waals surface area contributed by atoms with Crippen molar-refractivity contribution in [2.45, 2.75) is 44.7 Å². The first kappa shape index (κ1) is 23.8. The van der Waals surface area contributed by atoms with Gasteiger partial charge in [0.05, 0.1) is 19.3 Å². The summed E-state index contributed by atoms with van der Waals surface area (Å²) in [5, 5.41) is 24.6. The van der Waals surface area contributed by atoms with Gasteiger partial charge in [-0.3, -0.25) is 4.79 Å². The molecule has 0 saturated carbocycles. The molecule has 1 saturated heterocycles. The largest absolute Gasteiger partial charge is 0.497 e. The van der Waals surface area contributed by atoms with Crippen LogP contribution in [0.15, 0.2) is 78.9 Å². The van der Waals surface area contributed by atoms with Gasteiger partial charge in [0.1, 0.15) is 12.0 Å². The Morgan fingerprint density at radius 2 is 1.71 bits per heavy atom. The van der Waals surface area contributed by atoms with Gasteiger partial charge in [0.15, 0.2) is 0 Å². The van der Waals surface area contributed by atoms with Gasteiger partial charge in [0.25, 0.3) is 0 Å². The fraction of sp³-hybridized carbons (Fsp3) is 0.321. The molecule has 0 aliphatic carbocycles. The number of carbonyl (C=O) groups excluding carboxylic acids is 1. The van der Waals surface area contributed by atoms with Crippen molar-refractivity contribution in [3.8, 4) is 5.75 Å². The molecule has 0 aromatic heterocycles. The highest BCUT2D eigenvalue weighted by Crippen LogP contribution is 2.49. The van der Waals surface area contributed by atoms with Gasteiger partial charge in [0.2, 0.25) is 5.91 Å². The predicted molar refractivity (Wildman–Crippen MR) is 132 cm³/mol. The van der Waals surface area contributed by atoms with E-state index in [9.17, 15) is 15.0 Å². The summed E-state index contributed by atoms with van der Waals surface area (Å²) in [6, 6.07) is 25.5. The minimum atomic E-state index is -0.656. The van der Waals surface area contributed by atoms with Crippen LogP contribution in [-0.2, 0) is 11.3 Å². The molecule has 34 heavy (non-hydrogen) atoms. The molecular formula is C28H32N2O4. The van der Waals surface area contributed by atoms with E-state index < -0.39 is 12.3 Å². The van der Waals surface area contributed by atoms with Crippen LogP contribution in [0.5, 0.6) is 5.75 Å². The second kappa shape index (κ2) is 10.7. The van der Waals surface area contributed by atoms with Crippen LogP contribution in [0, 0.1) is 5.92 Å². The molecule has 3 N–H and O–H groups in total. The first-order valence-electron chi connectivity index (χ1n) is 11.6. The van der Waals surface area contributed by atoms with Crippen molar-refractivity contribution >= 4 is 11.6 Å². The Morgan fingerprint density at radius 1 is 1.03 bits per heavy atom. The zero-order valence-corrected chi connectivity index (χ0v) is 19.6. The normalized spacial score (nSPS) is 20.4. The molecule has 1 fully saturated rings. The van der Waals surface area contributed by atoms with E-state index in [1.54, 1.807) is 7.11 Å². The summed E-state index contributed by atoms with van der Waals surface area (Å²) >= 11 is 0. The fourth-order valence-electron chi connectivity index (χ4n) is 4.67. The number of hydrogen-bond acceptors (Lipinski definition) is 5. The fourth-order valence-corrected chi connectivity index (χ4v) is 4.67. The molecule has 3 aromatic carbocycles. The van der Waals surface area contributed by atoms with Crippen LogP contribution in [0.2, 0.25) is 0 Å². The van der Waals surface area contributed by atoms with Crippen molar-refractivity contribution < 1.29 is 19.7 Å². The zero-order chi connectivity index (χ0) is 24.1. The third-order valence-corrected chi connectivity index (χ3v) is 6.56. The number of benzene rings is 3. The standard InChI is InChI=1S/C28H32N2O4/c1-19(31)29-18-20-8-12-23(13-9-20)30-27(22-10-14-24(34-2)15-11-22)25(28(30)33)16-17-26(32)21-6-4-3-5-7-21/h3-15,25-28,32-33H,16-18H2,1-2H3,(H,29,31). The Hall–Kier alpha value is -3.35. The molecule has 1 aliphatic heterocycles. The van der Waals surface area contributed by atoms with Gasteiger partial charge in [-0.2, -0.15) is 0 Å². The third kappa shape index (κ3) is 5.24. The van der Waals surface area contributed by atoms with E-state index in [1.807, 2.05) is 83.8 Å². The lowest BCUT2D eigenvalue weighted by molar-refractivity contribution is -0.119. The Morgan fingerprint density at radius 3 is 2.32 bits per heavy atom. The summed E-state index contributed by atoms with van der Waals surface area (Å²) in [6.07, 6.45) is 0.0377. The van der Waals surface area contributed by atoms with Gasteiger partial charge in [-0.1, -0.05) is 54.6 Å². The molecule has 4 rings (SSSR count). The van der Waals surface area contributed by atoms with E-state index in [2.05, 4.69) is 5.32 Å². The maximum absolute atomic E-state index is 11.2. The van der Waals surface area contributed by atoms with Gasteiger partial charge in [-0.25, -0.2) is 0 Å². The van der Waals surface area contributed by atoms with E-state index >= 15 is 0 Å². The molecule has 0 spiro atoms. The van der Waals surface area contributed by atoms with E-state index in [0.29, 0.717) is 19.4 Å². The molecule has 4 unspecified atom stereocenters. The van der Waals surface area contributed by atoms with Crippen molar-refractivity contribution in [1.82, 2.24) is 5.32 Å². The average molecular weight is 461 g/mol. The molecular weight excluding hydrogens is 428 g/mol. The first-order valence-corrected chi connectivity index (χ1v) is 11.6. The average Bonchev–Trinajstić information content (AvgIpc) is 2.87. The summed E-state index contributed by atoms with van der Waals surface area (Å²) in [5.41, 5.74) is 3.90. The van der Waals surface area contributed by atoms with Gasteiger partial charge in [-0.05, 0) is 53.8 Å². The van der Waals surface area contributed by atoms with Crippen LogP contribution in [0.4, 0.5) is 5.69 Å². The van der Waals surface area contributed by atoms with Crippen molar-refractivity contribution in [3.63, 3.8) is 0 Å². The number of aliphatic hydroxyl groups excluding tert-OH is 2. The van der Waals surface area contributed by atoms with Gasteiger partial charge >= 0.3 is 0 Å². The zero-order valence-electron chi connectivity index (χ0n) is 19.6. The van der Waals surface area contributed by atoms with E-state index in [4.69, 9.17) is 4.74 Å². The number of methoxy groups -OCH3 is 1. The number of rotatable bonds is 9. The quantitative estimate of drug-likeness (QED) is 0.443. The Labute approximate surface area is 200 Å². The van der Waals surface area contributed by atoms with Crippen molar-refractivity contribution in [2.24, 2.45) is 5.92 Å². The summed E-state index contributed by atoms with van der Waals surface area (Å²) in [6.45, 7) is 1.97. The maximum Gasteiger partial charge on any atom is 0.217 e. The number of hydrogen-bond donors (Lipinski definition) is 3. The molecule has 3 aromatic rings. The molecule has 1 heterocycles. The molecule has 4 atom stereocenters. The summed E-state index contributed by atoms with van der Waals surface area (Å²) in [5.74, 6) is 0.696. The maximum atomic E-state index is 11.2. The second-order valence-electron chi connectivity index (χ2n) is 8.78. The Bertz CT molecular complexity index is 1070. The Kier molecular flexibility index (Phi) is 7.50. The Balaban J connectivity index is 1.53. The third-order valence-electron chi connectivity index (χ3n) is 6.56. The summed E-state index contributed by atoms with van der Waals surface area (Å²) in [4.78, 5) is 13.2. The number of ether oxygens (including phenoxy) is 1. The smallest absolute Gasteiger partial charge is 0.217 e. The van der Waals surface area contributed by atoms with E-state index in [1.165, 1.54) is 6.92 Å². The van der Waals surface area contributed by atoms with Crippen LogP contribution >= 0.6 is 0 Å². The SMILES string of the molecule is COc1ccc(C2C(CCC(O)c3ccccc3)C(O)N2c2ccc(CNC(C)=O)cc2)cc1. The monoisotopic (exact) mass is 460 g/mol. The number of carbonyl (C=O) groups is 1. The van der Waals surface area contributed by atoms with Gasteiger partial charge < -0.3 is 25.2 Å². The summed E-state index contributed by atoms with van der Waals surface area (Å²) in [7, 11) is 1.64.